The standard InChI is InChI=1S/C20H28FN3S/c1-15(2)25-11-7-6-8-16(3)12-17(4)23-14-20-19(21)10-9-18(24-20)13-22-5/h6,8-10,13,16,23H,1,4,7,11-12,14H2,2-3,5H3/b8-6+,22-13?. The van der Waals surface area contributed by atoms with Crippen LogP contribution in [-0.2, 0) is 6.54 Å². The maximum absolute atomic E-state index is 13.8. The number of hydrogen-bond donors (Lipinski definition) is 1. The van der Waals surface area contributed by atoms with Gasteiger partial charge in [-0.1, -0.05) is 32.2 Å². The first-order chi connectivity index (χ1) is 11.9. The first kappa shape index (κ1) is 21.2. The maximum Gasteiger partial charge on any atom is 0.146 e. The molecule has 0 radical (unpaired) electrons. The zero-order valence-electron chi connectivity index (χ0n) is 15.4. The highest BCUT2D eigenvalue weighted by Gasteiger charge is 2.06. The molecule has 1 unspecified atom stereocenters. The smallest absolute Gasteiger partial charge is 0.146 e. The summed E-state index contributed by atoms with van der Waals surface area (Å²) in [6, 6.07) is 3.03. The Balaban J connectivity index is 2.40. The molecule has 0 fully saturated rings. The molecular formula is C20H28FN3S. The molecule has 0 aliphatic rings. The minimum Gasteiger partial charge on any atom is -0.383 e. The summed E-state index contributed by atoms with van der Waals surface area (Å²) >= 11 is 1.78. The summed E-state index contributed by atoms with van der Waals surface area (Å²) in [5.74, 6) is 1.11. The van der Waals surface area contributed by atoms with Crippen LogP contribution in [0.15, 0.2) is 53.0 Å². The van der Waals surface area contributed by atoms with Gasteiger partial charge in [-0.2, -0.15) is 0 Å². The molecule has 1 aromatic rings. The van der Waals surface area contributed by atoms with Crippen LogP contribution in [0.2, 0.25) is 0 Å². The van der Waals surface area contributed by atoms with E-state index in [1.807, 2.05) is 6.92 Å². The molecule has 0 aliphatic heterocycles. The molecule has 136 valence electrons. The molecule has 0 saturated carbocycles. The fraction of sp³-hybridized carbons (Fsp3) is 0.400. The molecule has 0 bridgehead atoms. The molecule has 3 nitrogen and oxygen atoms in total. The van der Waals surface area contributed by atoms with E-state index in [0.29, 0.717) is 23.9 Å². The van der Waals surface area contributed by atoms with Crippen LogP contribution in [0.4, 0.5) is 4.39 Å². The monoisotopic (exact) mass is 361 g/mol. The Labute approximate surface area is 155 Å². The van der Waals surface area contributed by atoms with Crippen LogP contribution in [0.5, 0.6) is 0 Å². The van der Waals surface area contributed by atoms with Crippen molar-refractivity contribution in [1.29, 1.82) is 0 Å². The van der Waals surface area contributed by atoms with Crippen LogP contribution in [0.3, 0.4) is 0 Å². The lowest BCUT2D eigenvalue weighted by Crippen LogP contribution is -2.16. The van der Waals surface area contributed by atoms with Gasteiger partial charge < -0.3 is 5.32 Å². The first-order valence-corrected chi connectivity index (χ1v) is 9.35. The van der Waals surface area contributed by atoms with Crippen molar-refractivity contribution in [1.82, 2.24) is 10.3 Å². The number of hydrogen-bond acceptors (Lipinski definition) is 4. The van der Waals surface area contributed by atoms with E-state index in [9.17, 15) is 4.39 Å². The Morgan fingerprint density at radius 3 is 2.88 bits per heavy atom. The van der Waals surface area contributed by atoms with E-state index in [1.165, 1.54) is 6.07 Å². The molecule has 0 spiro atoms. The minimum absolute atomic E-state index is 0.321. The number of pyridine rings is 1. The van der Waals surface area contributed by atoms with E-state index < -0.39 is 0 Å². The lowest BCUT2D eigenvalue weighted by molar-refractivity contribution is 0.579. The molecule has 1 aromatic heterocycles. The molecule has 25 heavy (non-hydrogen) atoms. The van der Waals surface area contributed by atoms with E-state index in [4.69, 9.17) is 0 Å². The molecule has 1 rings (SSSR count). The van der Waals surface area contributed by atoms with Gasteiger partial charge in [0.05, 0.1) is 17.9 Å². The number of aromatic nitrogens is 1. The van der Waals surface area contributed by atoms with Crippen molar-refractivity contribution >= 4 is 18.0 Å². The predicted molar refractivity (Wildman–Crippen MR) is 109 cm³/mol. The summed E-state index contributed by atoms with van der Waals surface area (Å²) in [7, 11) is 1.66. The SMILES string of the molecule is C=C(CC(C)/C=C/CCSC(=C)C)NCc1nc(C=NC)ccc1F. The quantitative estimate of drug-likeness (QED) is 0.338. The number of aliphatic imine (C=N–C) groups is 1. The van der Waals surface area contributed by atoms with Crippen molar-refractivity contribution < 1.29 is 4.39 Å². The fourth-order valence-corrected chi connectivity index (χ4v) is 2.80. The Bertz CT molecular complexity index is 638. The second-order valence-corrected chi connectivity index (χ2v) is 7.35. The Morgan fingerprint density at radius 1 is 1.44 bits per heavy atom. The lowest BCUT2D eigenvalue weighted by atomic mass is 10.1. The third-order valence-corrected chi connectivity index (χ3v) is 4.31. The predicted octanol–water partition coefficient (Wildman–Crippen LogP) is 5.11. The Morgan fingerprint density at radius 2 is 2.20 bits per heavy atom. The van der Waals surface area contributed by atoms with Crippen molar-refractivity contribution in [3.05, 3.63) is 65.2 Å². The summed E-state index contributed by atoms with van der Waals surface area (Å²) in [5, 5.41) is 3.17. The van der Waals surface area contributed by atoms with Gasteiger partial charge in [0.1, 0.15) is 5.82 Å². The molecule has 1 atom stereocenters. The van der Waals surface area contributed by atoms with Gasteiger partial charge >= 0.3 is 0 Å². The lowest BCUT2D eigenvalue weighted by Gasteiger charge is -2.13. The van der Waals surface area contributed by atoms with Crippen molar-refractivity contribution in [3.8, 4) is 0 Å². The Kier molecular flexibility index (Phi) is 9.85. The second-order valence-electron chi connectivity index (χ2n) is 5.96. The molecule has 1 heterocycles. The first-order valence-electron chi connectivity index (χ1n) is 8.36. The molecule has 0 amide bonds. The van der Waals surface area contributed by atoms with Crippen molar-refractivity contribution in [2.45, 2.75) is 33.2 Å². The number of nitrogens with zero attached hydrogens (tertiary/aromatic N) is 2. The van der Waals surface area contributed by atoms with Crippen LogP contribution in [0.1, 0.15) is 38.1 Å². The average Bonchev–Trinajstić information content (AvgIpc) is 2.55. The molecular weight excluding hydrogens is 333 g/mol. The van der Waals surface area contributed by atoms with Crippen LogP contribution in [0, 0.1) is 11.7 Å². The fourth-order valence-electron chi connectivity index (χ4n) is 2.20. The van der Waals surface area contributed by atoms with E-state index in [2.05, 4.69) is 47.5 Å². The van der Waals surface area contributed by atoms with E-state index in [-0.39, 0.29) is 5.82 Å². The summed E-state index contributed by atoms with van der Waals surface area (Å²) in [5.41, 5.74) is 1.90. The second kappa shape index (κ2) is 11.6. The van der Waals surface area contributed by atoms with Crippen LogP contribution < -0.4 is 5.32 Å². The van der Waals surface area contributed by atoms with Crippen molar-refractivity contribution in [2.24, 2.45) is 10.9 Å². The van der Waals surface area contributed by atoms with Gasteiger partial charge in [-0.05, 0) is 42.7 Å². The maximum atomic E-state index is 13.8. The van der Waals surface area contributed by atoms with Gasteiger partial charge in [0.15, 0.2) is 0 Å². The van der Waals surface area contributed by atoms with Gasteiger partial charge in [0.2, 0.25) is 0 Å². The summed E-state index contributed by atoms with van der Waals surface area (Å²) in [4.78, 5) is 9.29. The van der Waals surface area contributed by atoms with Gasteiger partial charge in [-0.25, -0.2) is 9.37 Å². The summed E-state index contributed by atoms with van der Waals surface area (Å²) in [6.45, 7) is 12.4. The summed E-state index contributed by atoms with van der Waals surface area (Å²) in [6.07, 6.45) is 7.84. The van der Waals surface area contributed by atoms with Gasteiger partial charge in [0, 0.05) is 24.7 Å². The number of nitrogens with one attached hydrogen (secondary N) is 1. The molecule has 5 heteroatoms. The van der Waals surface area contributed by atoms with Gasteiger partial charge in [-0.3, -0.25) is 4.99 Å². The van der Waals surface area contributed by atoms with E-state index in [1.54, 1.807) is 31.1 Å². The number of halogens is 1. The zero-order chi connectivity index (χ0) is 18.7. The highest BCUT2D eigenvalue weighted by molar-refractivity contribution is 8.03. The average molecular weight is 362 g/mol. The molecule has 1 N–H and O–H groups in total. The summed E-state index contributed by atoms with van der Waals surface area (Å²) < 4.78 is 13.8. The van der Waals surface area contributed by atoms with Crippen LogP contribution in [-0.4, -0.2) is 24.0 Å². The number of thioether (sulfide) groups is 1. The van der Waals surface area contributed by atoms with Crippen molar-refractivity contribution in [3.63, 3.8) is 0 Å². The Hall–Kier alpha value is -1.88. The number of allylic oxidation sites excluding steroid dienone is 4. The number of rotatable bonds is 11. The van der Waals surface area contributed by atoms with E-state index >= 15 is 0 Å². The minimum atomic E-state index is -0.323. The molecule has 0 aromatic carbocycles. The van der Waals surface area contributed by atoms with E-state index in [0.717, 1.165) is 29.2 Å². The highest BCUT2D eigenvalue weighted by atomic mass is 32.2. The zero-order valence-corrected chi connectivity index (χ0v) is 16.2. The topological polar surface area (TPSA) is 37.3 Å². The third kappa shape index (κ3) is 9.25. The normalized spacial score (nSPS) is 12.6. The van der Waals surface area contributed by atoms with Gasteiger partial charge in [0.25, 0.3) is 0 Å². The highest BCUT2D eigenvalue weighted by Crippen LogP contribution is 2.15. The van der Waals surface area contributed by atoms with Gasteiger partial charge in [-0.15, -0.1) is 11.8 Å². The molecule has 0 aliphatic carbocycles. The van der Waals surface area contributed by atoms with Crippen molar-refractivity contribution in [2.75, 3.05) is 12.8 Å². The molecule has 0 saturated heterocycles. The largest absolute Gasteiger partial charge is 0.383 e. The van der Waals surface area contributed by atoms with Crippen LogP contribution in [0.25, 0.3) is 0 Å². The van der Waals surface area contributed by atoms with Crippen LogP contribution >= 0.6 is 11.8 Å². The third-order valence-electron chi connectivity index (χ3n) is 3.37.